The van der Waals surface area contributed by atoms with Crippen molar-refractivity contribution in [2.45, 2.75) is 32.2 Å². The van der Waals surface area contributed by atoms with E-state index in [-0.39, 0.29) is 24.0 Å². The predicted octanol–water partition coefficient (Wildman–Crippen LogP) is 4.50. The van der Waals surface area contributed by atoms with E-state index in [1.165, 1.54) is 5.56 Å². The number of amides is 1. The van der Waals surface area contributed by atoms with Gasteiger partial charge in [-0.3, -0.25) is 15.6 Å². The van der Waals surface area contributed by atoms with Gasteiger partial charge < -0.3 is 26.0 Å². The Morgan fingerprint density at radius 2 is 1.76 bits per heavy atom. The zero-order chi connectivity index (χ0) is 26.4. The summed E-state index contributed by atoms with van der Waals surface area (Å²) in [5.74, 6) is 1.05. The van der Waals surface area contributed by atoms with E-state index in [0.29, 0.717) is 23.9 Å². The third-order valence-corrected chi connectivity index (χ3v) is 6.78. The zero-order valence-corrected chi connectivity index (χ0v) is 21.1. The number of amidine groups is 2. The zero-order valence-electron chi connectivity index (χ0n) is 21.1. The molecule has 192 valence electrons. The minimum absolute atomic E-state index is 0.0395. The normalized spacial score (nSPS) is 13.7. The second-order valence-corrected chi connectivity index (χ2v) is 9.51. The molecule has 3 aromatic carbocycles. The SMILES string of the molecule is CC(=N)N1CCC(c2ccc(NC(=O)CN(Cc3cccc(O)c3)c3cccc(C(=N)N)c3)cc2)CC1. The van der Waals surface area contributed by atoms with E-state index in [1.807, 2.05) is 42.2 Å². The summed E-state index contributed by atoms with van der Waals surface area (Å²) in [5.41, 5.74) is 9.87. The molecule has 8 heteroatoms. The van der Waals surface area contributed by atoms with Crippen LogP contribution in [0.25, 0.3) is 0 Å². The molecule has 3 aromatic rings. The average molecular weight is 499 g/mol. The van der Waals surface area contributed by atoms with Crippen molar-refractivity contribution in [2.75, 3.05) is 29.9 Å². The number of hydrogen-bond acceptors (Lipinski definition) is 5. The maximum atomic E-state index is 13.1. The van der Waals surface area contributed by atoms with Crippen LogP contribution in [0.2, 0.25) is 0 Å². The number of carbonyl (C=O) groups excluding carboxylic acids is 1. The van der Waals surface area contributed by atoms with E-state index in [4.69, 9.17) is 16.6 Å². The Balaban J connectivity index is 1.44. The van der Waals surface area contributed by atoms with E-state index < -0.39 is 0 Å². The number of anilines is 2. The summed E-state index contributed by atoms with van der Waals surface area (Å²) in [6, 6.07) is 22.2. The highest BCUT2D eigenvalue weighted by Crippen LogP contribution is 2.29. The van der Waals surface area contributed by atoms with E-state index in [2.05, 4.69) is 22.3 Å². The van der Waals surface area contributed by atoms with Gasteiger partial charge in [0, 0.05) is 36.6 Å². The molecule has 4 rings (SSSR count). The van der Waals surface area contributed by atoms with Gasteiger partial charge in [0.15, 0.2) is 0 Å². The lowest BCUT2D eigenvalue weighted by atomic mass is 9.89. The molecule has 37 heavy (non-hydrogen) atoms. The topological polar surface area (TPSA) is 130 Å². The monoisotopic (exact) mass is 498 g/mol. The summed E-state index contributed by atoms with van der Waals surface area (Å²) < 4.78 is 0. The van der Waals surface area contributed by atoms with Gasteiger partial charge in [-0.05, 0) is 73.2 Å². The van der Waals surface area contributed by atoms with Gasteiger partial charge in [-0.15, -0.1) is 0 Å². The van der Waals surface area contributed by atoms with Crippen molar-refractivity contribution in [3.05, 3.63) is 89.5 Å². The minimum Gasteiger partial charge on any atom is -0.508 e. The third kappa shape index (κ3) is 6.88. The van der Waals surface area contributed by atoms with Gasteiger partial charge in [0.1, 0.15) is 11.6 Å². The highest BCUT2D eigenvalue weighted by Gasteiger charge is 2.21. The van der Waals surface area contributed by atoms with Crippen molar-refractivity contribution in [3.63, 3.8) is 0 Å². The van der Waals surface area contributed by atoms with Crippen molar-refractivity contribution in [3.8, 4) is 5.75 Å². The van der Waals surface area contributed by atoms with E-state index in [1.54, 1.807) is 30.3 Å². The van der Waals surface area contributed by atoms with Crippen molar-refractivity contribution in [1.82, 2.24) is 4.90 Å². The fraction of sp³-hybridized carbons (Fsp3) is 0.276. The first-order chi connectivity index (χ1) is 17.8. The van der Waals surface area contributed by atoms with Gasteiger partial charge in [-0.25, -0.2) is 0 Å². The van der Waals surface area contributed by atoms with Crippen LogP contribution in [0.5, 0.6) is 5.75 Å². The van der Waals surface area contributed by atoms with Crippen LogP contribution in [0.1, 0.15) is 42.4 Å². The molecule has 0 unspecified atom stereocenters. The van der Waals surface area contributed by atoms with Crippen LogP contribution in [-0.4, -0.2) is 47.2 Å². The lowest BCUT2D eigenvalue weighted by Crippen LogP contribution is -2.36. The number of rotatable bonds is 8. The lowest BCUT2D eigenvalue weighted by Gasteiger charge is -2.33. The number of nitrogens with two attached hydrogens (primary N) is 1. The molecule has 6 N–H and O–H groups in total. The molecule has 8 nitrogen and oxygen atoms in total. The molecule has 1 heterocycles. The Hall–Kier alpha value is -4.33. The number of benzene rings is 3. The van der Waals surface area contributed by atoms with Gasteiger partial charge in [-0.1, -0.05) is 36.4 Å². The number of nitrogen functional groups attached to an aromatic ring is 1. The Bertz CT molecular complexity index is 1270. The van der Waals surface area contributed by atoms with Gasteiger partial charge in [0.25, 0.3) is 0 Å². The number of piperidine rings is 1. The largest absolute Gasteiger partial charge is 0.508 e. The smallest absolute Gasteiger partial charge is 0.243 e. The first kappa shape index (κ1) is 25.8. The number of hydrogen-bond donors (Lipinski definition) is 5. The third-order valence-electron chi connectivity index (χ3n) is 6.78. The number of carbonyl (C=O) groups is 1. The molecule has 0 radical (unpaired) electrons. The fourth-order valence-electron chi connectivity index (χ4n) is 4.74. The molecule has 1 aliphatic rings. The Labute approximate surface area is 217 Å². The van der Waals surface area contributed by atoms with E-state index >= 15 is 0 Å². The molecule has 0 bridgehead atoms. The van der Waals surface area contributed by atoms with Gasteiger partial charge in [-0.2, -0.15) is 0 Å². The molecule has 1 fully saturated rings. The summed E-state index contributed by atoms with van der Waals surface area (Å²) >= 11 is 0. The molecule has 0 aromatic heterocycles. The second kappa shape index (κ2) is 11.6. The van der Waals surface area contributed by atoms with Crippen LogP contribution in [-0.2, 0) is 11.3 Å². The van der Waals surface area contributed by atoms with Crippen LogP contribution in [0, 0.1) is 10.8 Å². The summed E-state index contributed by atoms with van der Waals surface area (Å²) in [5, 5.41) is 28.5. The van der Waals surface area contributed by atoms with Gasteiger partial charge in [0.2, 0.25) is 5.91 Å². The van der Waals surface area contributed by atoms with Crippen molar-refractivity contribution in [2.24, 2.45) is 5.73 Å². The molecule has 0 spiro atoms. The highest BCUT2D eigenvalue weighted by atomic mass is 16.3. The van der Waals surface area contributed by atoms with Crippen LogP contribution < -0.4 is 16.0 Å². The van der Waals surface area contributed by atoms with Crippen LogP contribution in [0.3, 0.4) is 0 Å². The number of phenols is 1. The van der Waals surface area contributed by atoms with E-state index in [9.17, 15) is 9.90 Å². The highest BCUT2D eigenvalue weighted by molar-refractivity contribution is 5.97. The molecule has 0 saturated carbocycles. The predicted molar refractivity (Wildman–Crippen MR) is 149 cm³/mol. The molecule has 1 aliphatic heterocycles. The number of nitrogens with zero attached hydrogens (tertiary/aromatic N) is 2. The number of likely N-dealkylation sites (tertiary alicyclic amines) is 1. The molecule has 1 saturated heterocycles. The van der Waals surface area contributed by atoms with Crippen LogP contribution in [0.15, 0.2) is 72.8 Å². The van der Waals surface area contributed by atoms with E-state index in [0.717, 1.165) is 42.9 Å². The lowest BCUT2D eigenvalue weighted by molar-refractivity contribution is -0.115. The molecule has 0 atom stereocenters. The minimum atomic E-state index is -0.170. The summed E-state index contributed by atoms with van der Waals surface area (Å²) in [7, 11) is 0. The van der Waals surface area contributed by atoms with Crippen molar-refractivity contribution < 1.29 is 9.90 Å². The summed E-state index contributed by atoms with van der Waals surface area (Å²) in [6.45, 7) is 4.12. The summed E-state index contributed by atoms with van der Waals surface area (Å²) in [4.78, 5) is 17.1. The average Bonchev–Trinajstić information content (AvgIpc) is 2.89. The maximum absolute atomic E-state index is 13.1. The quantitative estimate of drug-likeness (QED) is 0.231. The standard InChI is InChI=1S/C29H34N6O2/c1-20(30)34-14-12-23(13-15-34)22-8-10-25(11-9-22)33-28(37)19-35(18-21-4-2-7-27(36)16-21)26-6-3-5-24(17-26)29(31)32/h2-11,16-17,23,30,36H,12-15,18-19H2,1H3,(H3,31,32)(H,33,37). The van der Waals surface area contributed by atoms with Gasteiger partial charge in [0.05, 0.1) is 12.4 Å². The molecule has 1 amide bonds. The fourth-order valence-corrected chi connectivity index (χ4v) is 4.74. The number of aromatic hydroxyl groups is 1. The Morgan fingerprint density at radius 3 is 2.41 bits per heavy atom. The van der Waals surface area contributed by atoms with Crippen LogP contribution >= 0.6 is 0 Å². The van der Waals surface area contributed by atoms with Crippen molar-refractivity contribution >= 4 is 29.0 Å². The molecular weight excluding hydrogens is 464 g/mol. The second-order valence-electron chi connectivity index (χ2n) is 9.51. The summed E-state index contributed by atoms with van der Waals surface area (Å²) in [6.07, 6.45) is 2.04. The first-order valence-corrected chi connectivity index (χ1v) is 12.5. The number of nitrogens with one attached hydrogen (secondary N) is 3. The van der Waals surface area contributed by atoms with Crippen molar-refractivity contribution in [1.29, 1.82) is 10.8 Å². The first-order valence-electron chi connectivity index (χ1n) is 12.5. The molecular formula is C29H34N6O2. The number of phenolic OH excluding ortho intramolecular Hbond substituents is 1. The Kier molecular flexibility index (Phi) is 8.08. The maximum Gasteiger partial charge on any atom is 0.243 e. The van der Waals surface area contributed by atoms with Gasteiger partial charge >= 0.3 is 0 Å². The van der Waals surface area contributed by atoms with Crippen LogP contribution in [0.4, 0.5) is 11.4 Å². The Morgan fingerprint density at radius 1 is 1.05 bits per heavy atom. The molecule has 0 aliphatic carbocycles.